The first kappa shape index (κ1) is 37.9. The van der Waals surface area contributed by atoms with Gasteiger partial charge in [0.15, 0.2) is 0 Å². The molecule has 2 aliphatic carbocycles. The van der Waals surface area contributed by atoms with Gasteiger partial charge >= 0.3 is 112 Å². The maximum atomic E-state index is 3.53. The number of fused-ring (bicyclic) bond motifs is 3. The van der Waals surface area contributed by atoms with E-state index in [4.69, 9.17) is 0 Å². The molecule has 0 N–H and O–H groups in total. The summed E-state index contributed by atoms with van der Waals surface area (Å²) in [5, 5.41) is 0. The van der Waals surface area contributed by atoms with E-state index in [2.05, 4.69) is 151 Å². The van der Waals surface area contributed by atoms with E-state index in [9.17, 15) is 0 Å². The molecule has 0 aromatic heterocycles. The summed E-state index contributed by atoms with van der Waals surface area (Å²) < 4.78 is 1.60. The third-order valence-electron chi connectivity index (χ3n) is 7.63. The average Bonchev–Trinajstić information content (AvgIpc) is 3.65. The molecule has 4 aromatic rings. The third kappa shape index (κ3) is 11.2. The van der Waals surface area contributed by atoms with Crippen molar-refractivity contribution in [2.45, 2.75) is 78.1 Å². The molecule has 0 fully saturated rings. The summed E-state index contributed by atoms with van der Waals surface area (Å²) in [6.45, 7) is 13.6. The first-order chi connectivity index (χ1) is 20.0. The molecule has 2 aliphatic rings. The van der Waals surface area contributed by atoms with Gasteiger partial charge < -0.3 is 24.8 Å². The molecule has 0 saturated carbocycles. The van der Waals surface area contributed by atoms with Gasteiger partial charge in [0.05, 0.1) is 0 Å². The van der Waals surface area contributed by atoms with Crippen LogP contribution in [0.4, 0.5) is 0 Å². The minimum absolute atomic E-state index is 0. The second-order valence-corrected chi connectivity index (χ2v) is 15.0. The zero-order valence-electron chi connectivity index (χ0n) is 27.0. The van der Waals surface area contributed by atoms with Crippen LogP contribution in [0.25, 0.3) is 11.1 Å². The van der Waals surface area contributed by atoms with E-state index >= 15 is 0 Å². The Labute approximate surface area is 294 Å². The molecule has 0 unspecified atom stereocenters. The predicted molar refractivity (Wildman–Crippen MR) is 178 cm³/mol. The molecule has 0 heterocycles. The van der Waals surface area contributed by atoms with E-state index < -0.39 is 0 Å². The summed E-state index contributed by atoms with van der Waals surface area (Å²) in [6.07, 6.45) is 13.3. The van der Waals surface area contributed by atoms with Gasteiger partial charge in [0.1, 0.15) is 0 Å². The normalized spacial score (nSPS) is 12.4. The van der Waals surface area contributed by atoms with Crippen LogP contribution in [0.5, 0.6) is 0 Å². The molecule has 0 nitrogen and oxygen atoms in total. The first-order valence-electron chi connectivity index (χ1n) is 15.1. The van der Waals surface area contributed by atoms with Gasteiger partial charge in [0.2, 0.25) is 0 Å². The summed E-state index contributed by atoms with van der Waals surface area (Å²) in [6, 6.07) is 36.5. The Morgan fingerprint density at radius 3 is 1.70 bits per heavy atom. The Kier molecular flexibility index (Phi) is 15.0. The molecule has 0 amide bonds. The van der Waals surface area contributed by atoms with Crippen LogP contribution in [0.1, 0.15) is 81.3 Å². The summed E-state index contributed by atoms with van der Waals surface area (Å²) in [5.41, 5.74) is 11.6. The van der Waals surface area contributed by atoms with Crippen LogP contribution < -0.4 is 24.8 Å². The molecule has 0 bridgehead atoms. The molecular formula is C41H44Cl2Zr-2. The van der Waals surface area contributed by atoms with Crippen LogP contribution in [0.2, 0.25) is 0 Å². The topological polar surface area (TPSA) is 0 Å². The van der Waals surface area contributed by atoms with Crippen LogP contribution in [0.15, 0.2) is 109 Å². The summed E-state index contributed by atoms with van der Waals surface area (Å²) in [7, 11) is 0. The van der Waals surface area contributed by atoms with E-state index in [0.29, 0.717) is 0 Å². The van der Waals surface area contributed by atoms with Gasteiger partial charge in [0.25, 0.3) is 0 Å². The molecule has 228 valence electrons. The number of hydrogen-bond acceptors (Lipinski definition) is 0. The van der Waals surface area contributed by atoms with Gasteiger partial charge in [-0.2, -0.15) is 35.4 Å². The predicted octanol–water partition coefficient (Wildman–Crippen LogP) is 4.16. The van der Waals surface area contributed by atoms with E-state index in [1.165, 1.54) is 44.5 Å². The van der Waals surface area contributed by atoms with Crippen molar-refractivity contribution in [1.82, 2.24) is 0 Å². The van der Waals surface area contributed by atoms with Crippen molar-refractivity contribution in [2.24, 2.45) is 0 Å². The van der Waals surface area contributed by atoms with E-state index in [-0.39, 0.29) is 35.6 Å². The summed E-state index contributed by atoms with van der Waals surface area (Å²) >= 11 is 1.55. The van der Waals surface area contributed by atoms with Crippen molar-refractivity contribution >= 4 is 3.21 Å². The molecule has 6 rings (SSSR count). The van der Waals surface area contributed by atoms with Gasteiger partial charge in [-0.1, -0.05) is 76.3 Å². The fourth-order valence-electron chi connectivity index (χ4n) is 5.07. The van der Waals surface area contributed by atoms with Crippen LogP contribution in [-0.4, -0.2) is 3.21 Å². The Morgan fingerprint density at radius 1 is 0.705 bits per heavy atom. The van der Waals surface area contributed by atoms with Crippen molar-refractivity contribution in [3.05, 3.63) is 155 Å². The SMILES string of the molecule is CC(C)(C)c1c[c-]c2c(c1)-c1cc(C(C)(C)C)ccc1C2.[C-]1=CC=CC1.[Cl-].[Cl-].[Zr+2]=[C](Cc1ccccc1)Cc1ccccc1. The zero-order chi connectivity index (χ0) is 30.2. The molecule has 4 aromatic carbocycles. The molecule has 0 atom stereocenters. The average molecular weight is 699 g/mol. The maximum absolute atomic E-state index is 3.53. The monoisotopic (exact) mass is 696 g/mol. The van der Waals surface area contributed by atoms with Crippen LogP contribution in [-0.2, 0) is 54.3 Å². The number of benzene rings is 4. The molecular weight excluding hydrogens is 655 g/mol. The number of halogens is 2. The molecule has 3 heteroatoms. The second-order valence-electron chi connectivity index (χ2n) is 13.3. The fraction of sp³-hybridized carbons (Fsp3) is 0.293. The molecule has 0 aliphatic heterocycles. The van der Waals surface area contributed by atoms with Gasteiger partial charge in [0, 0.05) is 0 Å². The Morgan fingerprint density at radius 2 is 1.25 bits per heavy atom. The number of hydrogen-bond donors (Lipinski definition) is 0. The minimum atomic E-state index is 0. The molecule has 0 saturated heterocycles. The van der Waals surface area contributed by atoms with E-state index in [1.54, 1.807) is 27.4 Å². The van der Waals surface area contributed by atoms with Crippen molar-refractivity contribution in [3.8, 4) is 11.1 Å². The van der Waals surface area contributed by atoms with Crippen LogP contribution >= 0.6 is 0 Å². The van der Waals surface area contributed by atoms with Crippen LogP contribution in [0, 0.1) is 12.1 Å². The summed E-state index contributed by atoms with van der Waals surface area (Å²) in [5.74, 6) is 0. The Balaban J connectivity index is 0.000000260. The second kappa shape index (κ2) is 17.4. The molecule has 44 heavy (non-hydrogen) atoms. The van der Waals surface area contributed by atoms with Crippen LogP contribution in [0.3, 0.4) is 0 Å². The first-order valence-corrected chi connectivity index (χ1v) is 16.3. The van der Waals surface area contributed by atoms with Crippen molar-refractivity contribution < 1.29 is 49.0 Å². The fourth-order valence-corrected chi connectivity index (χ4v) is 6.08. The van der Waals surface area contributed by atoms with Crippen molar-refractivity contribution in [2.75, 3.05) is 0 Å². The Hall–Kier alpha value is -2.31. The van der Waals surface area contributed by atoms with E-state index in [0.717, 1.165) is 25.7 Å². The number of rotatable bonds is 4. The zero-order valence-corrected chi connectivity index (χ0v) is 30.9. The number of allylic oxidation sites excluding steroid dienone is 4. The Bertz CT molecular complexity index is 1420. The van der Waals surface area contributed by atoms with Gasteiger partial charge in [-0.15, -0.1) is 12.0 Å². The quantitative estimate of drug-likeness (QED) is 0.248. The summed E-state index contributed by atoms with van der Waals surface area (Å²) in [4.78, 5) is 0. The third-order valence-corrected chi connectivity index (χ3v) is 8.50. The van der Waals surface area contributed by atoms with Gasteiger partial charge in [-0.25, -0.2) is 12.2 Å². The van der Waals surface area contributed by atoms with E-state index in [1.807, 2.05) is 12.2 Å². The standard InChI is InChI=1S/C21H25.C15H14.C5H5.2ClH.Zr/c1-20(2,3)16-9-7-14-11-15-8-10-17(21(4,5)6)13-19(15)18(14)12-16;1-3-8-14(9-4-1)12-7-13-15-10-5-2-6-11-15;1-2-4-5-3-1;;;/h7,9-10,12-13H,11H2,1-6H3;1-6,8-11H,12-13H2;1-3H,4H2;2*1H;/q-1;;-1;;;+2/p-2. The van der Waals surface area contributed by atoms with Crippen molar-refractivity contribution in [1.29, 1.82) is 0 Å². The van der Waals surface area contributed by atoms with Gasteiger partial charge in [-0.05, 0) is 17.4 Å². The molecule has 0 spiro atoms. The van der Waals surface area contributed by atoms with Crippen molar-refractivity contribution in [3.63, 3.8) is 0 Å². The molecule has 0 radical (unpaired) electrons. The van der Waals surface area contributed by atoms with Gasteiger partial charge in [-0.3, -0.25) is 6.08 Å².